The van der Waals surface area contributed by atoms with Crippen LogP contribution in [0.5, 0.6) is 5.75 Å². The lowest BCUT2D eigenvalue weighted by Crippen LogP contribution is -2.45. The molecule has 26 heavy (non-hydrogen) atoms. The Morgan fingerprint density at radius 3 is 2.65 bits per heavy atom. The number of nitrogens with one attached hydrogen (secondary N) is 3. The fourth-order valence-electron chi connectivity index (χ4n) is 3.64. The van der Waals surface area contributed by atoms with Crippen LogP contribution in [0.1, 0.15) is 35.6 Å². The molecule has 142 valence electrons. The van der Waals surface area contributed by atoms with Crippen LogP contribution in [-0.4, -0.2) is 26.7 Å². The van der Waals surface area contributed by atoms with E-state index in [-0.39, 0.29) is 12.4 Å². The molecule has 1 aliphatic rings. The van der Waals surface area contributed by atoms with Gasteiger partial charge in [-0.05, 0) is 49.7 Å². The van der Waals surface area contributed by atoms with Gasteiger partial charge in [0.05, 0.1) is 7.11 Å². The van der Waals surface area contributed by atoms with Crippen molar-refractivity contribution < 1.29 is 4.74 Å². The van der Waals surface area contributed by atoms with Crippen molar-refractivity contribution in [2.45, 2.75) is 38.0 Å². The van der Waals surface area contributed by atoms with Crippen molar-refractivity contribution in [3.8, 4) is 5.75 Å². The molecule has 0 amide bonds. The van der Waals surface area contributed by atoms with Crippen LogP contribution < -0.4 is 20.7 Å². The van der Waals surface area contributed by atoms with Gasteiger partial charge in [-0.2, -0.15) is 0 Å². The molecule has 1 heterocycles. The Kier molecular flexibility index (Phi) is 8.39. The maximum Gasteiger partial charge on any atom is 0.123 e. The van der Waals surface area contributed by atoms with Crippen molar-refractivity contribution in [2.75, 3.05) is 20.7 Å². The Morgan fingerprint density at radius 1 is 1.12 bits per heavy atom. The number of benzene rings is 2. The molecule has 1 saturated heterocycles. The number of piperidine rings is 1. The summed E-state index contributed by atoms with van der Waals surface area (Å²) in [6, 6.07) is 17.9. The first-order chi connectivity index (χ1) is 12.3. The van der Waals surface area contributed by atoms with Gasteiger partial charge in [-0.1, -0.05) is 36.4 Å². The molecule has 0 bridgehead atoms. The van der Waals surface area contributed by atoms with Crippen LogP contribution in [0.15, 0.2) is 48.5 Å². The van der Waals surface area contributed by atoms with Gasteiger partial charge in [0.2, 0.25) is 0 Å². The first kappa shape index (κ1) is 20.7. The van der Waals surface area contributed by atoms with Crippen LogP contribution in [0, 0.1) is 0 Å². The second kappa shape index (κ2) is 10.5. The van der Waals surface area contributed by atoms with E-state index in [1.54, 1.807) is 7.11 Å². The van der Waals surface area contributed by atoms with E-state index in [0.717, 1.165) is 25.4 Å². The highest BCUT2D eigenvalue weighted by atomic mass is 35.5. The van der Waals surface area contributed by atoms with E-state index in [9.17, 15) is 0 Å². The van der Waals surface area contributed by atoms with Crippen LogP contribution in [0.3, 0.4) is 0 Å². The van der Waals surface area contributed by atoms with Crippen LogP contribution in [-0.2, 0) is 13.1 Å². The number of rotatable bonds is 7. The monoisotopic (exact) mass is 375 g/mol. The normalized spacial score (nSPS) is 19.6. The summed E-state index contributed by atoms with van der Waals surface area (Å²) in [6.07, 6.45) is 2.39. The molecule has 1 aliphatic heterocycles. The smallest absolute Gasteiger partial charge is 0.123 e. The minimum atomic E-state index is 0. The SMILES string of the molecule is CNCc1ccc(OC)c(CN[C@H]2CCCN[C@H]2c2ccccc2)c1.Cl. The molecule has 0 saturated carbocycles. The quantitative estimate of drug-likeness (QED) is 0.694. The van der Waals surface area contributed by atoms with Gasteiger partial charge in [-0.25, -0.2) is 0 Å². The number of hydrogen-bond donors (Lipinski definition) is 3. The Hall–Kier alpha value is -1.59. The van der Waals surface area contributed by atoms with Gasteiger partial charge in [0, 0.05) is 30.7 Å². The van der Waals surface area contributed by atoms with Crippen molar-refractivity contribution in [3.05, 3.63) is 65.2 Å². The van der Waals surface area contributed by atoms with E-state index in [4.69, 9.17) is 4.74 Å². The first-order valence-electron chi connectivity index (χ1n) is 9.14. The Morgan fingerprint density at radius 2 is 1.92 bits per heavy atom. The Labute approximate surface area is 163 Å². The van der Waals surface area contributed by atoms with Crippen LogP contribution in [0.2, 0.25) is 0 Å². The zero-order valence-electron chi connectivity index (χ0n) is 15.6. The number of halogens is 1. The zero-order chi connectivity index (χ0) is 17.5. The highest BCUT2D eigenvalue weighted by Gasteiger charge is 2.25. The predicted octanol–water partition coefficient (Wildman–Crippen LogP) is 3.42. The van der Waals surface area contributed by atoms with Crippen molar-refractivity contribution in [1.29, 1.82) is 0 Å². The molecule has 1 fully saturated rings. The topological polar surface area (TPSA) is 45.3 Å². The molecule has 0 aliphatic carbocycles. The van der Waals surface area contributed by atoms with E-state index in [0.29, 0.717) is 12.1 Å². The zero-order valence-corrected chi connectivity index (χ0v) is 16.4. The van der Waals surface area contributed by atoms with Crippen molar-refractivity contribution in [1.82, 2.24) is 16.0 Å². The molecular weight excluding hydrogens is 346 g/mol. The molecule has 3 rings (SSSR count). The second-order valence-electron chi connectivity index (χ2n) is 6.65. The van der Waals surface area contributed by atoms with Gasteiger partial charge < -0.3 is 20.7 Å². The van der Waals surface area contributed by atoms with Crippen LogP contribution in [0.25, 0.3) is 0 Å². The highest BCUT2D eigenvalue weighted by molar-refractivity contribution is 5.85. The van der Waals surface area contributed by atoms with Crippen LogP contribution in [0.4, 0.5) is 0 Å². The van der Waals surface area contributed by atoms with E-state index in [2.05, 4.69) is 64.5 Å². The third-order valence-corrected chi connectivity index (χ3v) is 4.90. The van der Waals surface area contributed by atoms with Gasteiger partial charge in [0.15, 0.2) is 0 Å². The molecule has 0 radical (unpaired) electrons. The van der Waals surface area contributed by atoms with E-state index >= 15 is 0 Å². The van der Waals surface area contributed by atoms with Crippen LogP contribution >= 0.6 is 12.4 Å². The number of ether oxygens (including phenoxy) is 1. The molecule has 2 aromatic carbocycles. The van der Waals surface area contributed by atoms with Gasteiger partial charge >= 0.3 is 0 Å². The number of methoxy groups -OCH3 is 1. The van der Waals surface area contributed by atoms with Crippen molar-refractivity contribution in [2.24, 2.45) is 0 Å². The molecule has 2 aromatic rings. The Balaban J connectivity index is 0.00000243. The minimum absolute atomic E-state index is 0. The highest BCUT2D eigenvalue weighted by Crippen LogP contribution is 2.25. The van der Waals surface area contributed by atoms with Crippen molar-refractivity contribution in [3.63, 3.8) is 0 Å². The second-order valence-corrected chi connectivity index (χ2v) is 6.65. The molecular formula is C21H30ClN3O. The largest absolute Gasteiger partial charge is 0.496 e. The third kappa shape index (κ3) is 5.21. The standard InChI is InChI=1S/C21H29N3O.ClH/c1-22-14-16-10-11-20(25-2)18(13-16)15-24-19-9-6-12-23-21(19)17-7-4-3-5-8-17;/h3-5,7-8,10-11,13,19,21-24H,6,9,12,14-15H2,1-2H3;1H/t19-,21-;/m0./s1. The lowest BCUT2D eigenvalue weighted by molar-refractivity contribution is 0.303. The summed E-state index contributed by atoms with van der Waals surface area (Å²) in [5.41, 5.74) is 3.85. The molecule has 3 N–H and O–H groups in total. The summed E-state index contributed by atoms with van der Waals surface area (Å²) < 4.78 is 5.55. The summed E-state index contributed by atoms with van der Waals surface area (Å²) in [6.45, 7) is 2.77. The summed E-state index contributed by atoms with van der Waals surface area (Å²) in [5, 5.41) is 10.7. The fourth-order valence-corrected chi connectivity index (χ4v) is 3.64. The van der Waals surface area contributed by atoms with E-state index in [1.165, 1.54) is 29.5 Å². The molecule has 0 spiro atoms. The molecule has 0 aromatic heterocycles. The first-order valence-corrected chi connectivity index (χ1v) is 9.14. The summed E-state index contributed by atoms with van der Waals surface area (Å²) >= 11 is 0. The van der Waals surface area contributed by atoms with Crippen molar-refractivity contribution >= 4 is 12.4 Å². The number of hydrogen-bond acceptors (Lipinski definition) is 4. The van der Waals surface area contributed by atoms with Gasteiger partial charge in [-0.15, -0.1) is 12.4 Å². The average molecular weight is 376 g/mol. The maximum atomic E-state index is 5.55. The van der Waals surface area contributed by atoms with E-state index < -0.39 is 0 Å². The molecule has 2 atom stereocenters. The molecule has 0 unspecified atom stereocenters. The van der Waals surface area contributed by atoms with E-state index in [1.807, 2.05) is 7.05 Å². The predicted molar refractivity (Wildman–Crippen MR) is 110 cm³/mol. The molecule has 4 nitrogen and oxygen atoms in total. The maximum absolute atomic E-state index is 5.55. The van der Waals surface area contributed by atoms with Gasteiger partial charge in [0.25, 0.3) is 0 Å². The third-order valence-electron chi connectivity index (χ3n) is 4.90. The lowest BCUT2D eigenvalue weighted by Gasteiger charge is -2.34. The molecule has 5 heteroatoms. The fraction of sp³-hybridized carbons (Fsp3) is 0.429. The summed E-state index contributed by atoms with van der Waals surface area (Å²) in [4.78, 5) is 0. The van der Waals surface area contributed by atoms with Gasteiger partial charge in [0.1, 0.15) is 5.75 Å². The minimum Gasteiger partial charge on any atom is -0.496 e. The average Bonchev–Trinajstić information content (AvgIpc) is 2.68. The summed E-state index contributed by atoms with van der Waals surface area (Å²) in [5.74, 6) is 0.951. The lowest BCUT2D eigenvalue weighted by atomic mass is 9.92. The van der Waals surface area contributed by atoms with Gasteiger partial charge in [-0.3, -0.25) is 0 Å². The Bertz CT molecular complexity index is 666. The summed E-state index contributed by atoms with van der Waals surface area (Å²) in [7, 11) is 3.71.